The van der Waals surface area contributed by atoms with Crippen LogP contribution in [0.4, 0.5) is 0 Å². The average molecular weight is 484 g/mol. The average Bonchev–Trinajstić information content (AvgIpc) is 3.28. The first-order chi connectivity index (χ1) is 16.3. The van der Waals surface area contributed by atoms with Crippen LogP contribution in [0.25, 0.3) is 10.6 Å². The highest BCUT2D eigenvalue weighted by Crippen LogP contribution is 2.62. The Bertz CT molecular complexity index is 1020. The number of fused-ring (bicyclic) bond motifs is 2. The van der Waals surface area contributed by atoms with E-state index in [1.54, 1.807) is 17.5 Å². The molecule has 34 heavy (non-hydrogen) atoms. The Morgan fingerprint density at radius 2 is 2.03 bits per heavy atom. The van der Waals surface area contributed by atoms with Gasteiger partial charge < -0.3 is 15.5 Å². The summed E-state index contributed by atoms with van der Waals surface area (Å²) in [6, 6.07) is 4.23. The maximum atomic E-state index is 13.3. The summed E-state index contributed by atoms with van der Waals surface area (Å²) in [6.45, 7) is 4.23. The van der Waals surface area contributed by atoms with E-state index in [9.17, 15) is 15.0 Å². The molecule has 3 aliphatic rings. The minimum Gasteiger partial charge on any atom is -0.396 e. The summed E-state index contributed by atoms with van der Waals surface area (Å²) in [5.41, 5.74) is 1.22. The first-order valence-electron chi connectivity index (χ1n) is 12.8. The summed E-state index contributed by atoms with van der Waals surface area (Å²) in [7, 11) is 0. The number of carbonyl (C=O) groups is 1. The van der Waals surface area contributed by atoms with Crippen LogP contribution in [0.15, 0.2) is 24.5 Å². The van der Waals surface area contributed by atoms with Crippen LogP contribution >= 0.6 is 11.3 Å². The van der Waals surface area contributed by atoms with Gasteiger partial charge in [-0.15, -0.1) is 11.3 Å². The third-order valence-electron chi connectivity index (χ3n) is 9.16. The van der Waals surface area contributed by atoms with Gasteiger partial charge in [-0.2, -0.15) is 0 Å². The van der Waals surface area contributed by atoms with Crippen LogP contribution < -0.4 is 5.32 Å². The summed E-state index contributed by atoms with van der Waals surface area (Å²) in [6.07, 6.45) is 11.5. The number of hydrogen-bond acceptors (Lipinski definition) is 6. The number of thiazole rings is 1. The number of aromatic nitrogens is 2. The van der Waals surface area contributed by atoms with E-state index in [-0.39, 0.29) is 35.8 Å². The van der Waals surface area contributed by atoms with Gasteiger partial charge in [0, 0.05) is 46.6 Å². The second-order valence-corrected chi connectivity index (χ2v) is 12.3. The topological polar surface area (TPSA) is 95.3 Å². The number of carbonyl (C=O) groups excluding carboxylic acids is 1. The molecule has 5 atom stereocenters. The molecule has 184 valence electrons. The minimum absolute atomic E-state index is 0.0371. The van der Waals surface area contributed by atoms with Gasteiger partial charge in [0.15, 0.2) is 0 Å². The molecule has 5 unspecified atom stereocenters. The second kappa shape index (κ2) is 9.32. The van der Waals surface area contributed by atoms with Crippen LogP contribution in [0.1, 0.15) is 81.7 Å². The predicted octanol–water partition coefficient (Wildman–Crippen LogP) is 4.46. The highest BCUT2D eigenvalue weighted by Gasteiger charge is 2.59. The number of nitrogens with one attached hydrogen (secondary N) is 1. The van der Waals surface area contributed by atoms with E-state index in [2.05, 4.69) is 17.2 Å². The molecule has 2 heterocycles. The summed E-state index contributed by atoms with van der Waals surface area (Å²) < 4.78 is 0. The number of rotatable bonds is 5. The zero-order valence-electron chi connectivity index (χ0n) is 20.3. The highest BCUT2D eigenvalue weighted by atomic mass is 32.1. The molecule has 3 N–H and O–H groups in total. The van der Waals surface area contributed by atoms with Crippen molar-refractivity contribution in [2.24, 2.45) is 16.7 Å². The van der Waals surface area contributed by atoms with Crippen molar-refractivity contribution in [3.05, 3.63) is 35.1 Å². The molecule has 0 radical (unpaired) electrons. The van der Waals surface area contributed by atoms with E-state index in [0.29, 0.717) is 12.8 Å². The Kier molecular flexibility index (Phi) is 6.55. The molecule has 7 heteroatoms. The molecule has 0 bridgehead atoms. The van der Waals surface area contributed by atoms with Crippen LogP contribution in [0.2, 0.25) is 0 Å². The van der Waals surface area contributed by atoms with Gasteiger partial charge >= 0.3 is 0 Å². The summed E-state index contributed by atoms with van der Waals surface area (Å²) in [5.74, 6) is 0.151. The lowest BCUT2D eigenvalue weighted by atomic mass is 9.47. The number of pyridine rings is 1. The van der Waals surface area contributed by atoms with Crippen LogP contribution in [-0.4, -0.2) is 44.8 Å². The van der Waals surface area contributed by atoms with Crippen LogP contribution in [-0.2, 0) is 11.2 Å². The first kappa shape index (κ1) is 23.9. The zero-order chi connectivity index (χ0) is 23.9. The minimum atomic E-state index is -0.596. The Balaban J connectivity index is 1.52. The Morgan fingerprint density at radius 1 is 1.24 bits per heavy atom. The van der Waals surface area contributed by atoms with E-state index in [4.69, 9.17) is 4.98 Å². The largest absolute Gasteiger partial charge is 0.396 e. The normalized spacial score (nSPS) is 33.7. The molecule has 5 rings (SSSR count). The molecule has 6 nitrogen and oxygen atoms in total. The van der Waals surface area contributed by atoms with Crippen molar-refractivity contribution in [3.8, 4) is 10.6 Å². The zero-order valence-corrected chi connectivity index (χ0v) is 21.1. The van der Waals surface area contributed by atoms with Crippen molar-refractivity contribution < 1.29 is 15.0 Å². The number of hydrogen-bond donors (Lipinski definition) is 3. The first-order valence-corrected chi connectivity index (χ1v) is 13.6. The van der Waals surface area contributed by atoms with Crippen molar-refractivity contribution in [3.63, 3.8) is 0 Å². The maximum Gasteiger partial charge on any atom is 0.220 e. The number of nitrogens with zero attached hydrogens (tertiary/aromatic N) is 2. The van der Waals surface area contributed by atoms with Gasteiger partial charge in [0.2, 0.25) is 5.91 Å². The molecule has 3 aliphatic carbocycles. The van der Waals surface area contributed by atoms with Crippen LogP contribution in [0, 0.1) is 16.7 Å². The fourth-order valence-electron chi connectivity index (χ4n) is 6.98. The van der Waals surface area contributed by atoms with Crippen LogP contribution in [0.3, 0.4) is 0 Å². The predicted molar refractivity (Wildman–Crippen MR) is 133 cm³/mol. The van der Waals surface area contributed by atoms with E-state index in [1.165, 1.54) is 24.1 Å². The van der Waals surface area contributed by atoms with Crippen LogP contribution in [0.5, 0.6) is 0 Å². The van der Waals surface area contributed by atoms with E-state index >= 15 is 0 Å². The monoisotopic (exact) mass is 483 g/mol. The van der Waals surface area contributed by atoms with Gasteiger partial charge in [-0.3, -0.25) is 9.78 Å². The van der Waals surface area contributed by atoms with Crippen molar-refractivity contribution in [1.29, 1.82) is 0 Å². The van der Waals surface area contributed by atoms with Gasteiger partial charge in [0.05, 0.1) is 18.4 Å². The third kappa shape index (κ3) is 4.10. The SMILES string of the molecule is CC1(CO)C(O)CCC2(C)C(CC(=O)NC3CCCCC3)c3nc(-c4cccnc4)sc3CC12. The molecular formula is C27H37N3O3S. The third-order valence-corrected chi connectivity index (χ3v) is 10.3. The molecule has 0 saturated heterocycles. The lowest BCUT2D eigenvalue weighted by Crippen LogP contribution is -2.57. The fourth-order valence-corrected chi connectivity index (χ4v) is 8.14. The quantitative estimate of drug-likeness (QED) is 0.584. The maximum absolute atomic E-state index is 13.3. The van der Waals surface area contributed by atoms with Crippen molar-refractivity contribution in [1.82, 2.24) is 15.3 Å². The molecule has 2 saturated carbocycles. The molecule has 2 aromatic rings. The molecular weight excluding hydrogens is 446 g/mol. The van der Waals surface area contributed by atoms with Gasteiger partial charge in [-0.25, -0.2) is 4.98 Å². The Hall–Kier alpha value is -1.83. The lowest BCUT2D eigenvalue weighted by Gasteiger charge is -2.58. The Labute approximate surface area is 206 Å². The van der Waals surface area contributed by atoms with Gasteiger partial charge in [-0.05, 0) is 55.6 Å². The molecule has 0 aliphatic heterocycles. The molecule has 0 spiro atoms. The van der Waals surface area contributed by atoms with E-state index in [1.807, 2.05) is 25.3 Å². The van der Waals surface area contributed by atoms with Gasteiger partial charge in [-0.1, -0.05) is 33.1 Å². The van der Waals surface area contributed by atoms with Crippen molar-refractivity contribution >= 4 is 17.2 Å². The Morgan fingerprint density at radius 3 is 2.74 bits per heavy atom. The van der Waals surface area contributed by atoms with Gasteiger partial charge in [0.1, 0.15) is 5.01 Å². The molecule has 0 aromatic carbocycles. The second-order valence-electron chi connectivity index (χ2n) is 11.2. The number of amides is 1. The van der Waals surface area contributed by atoms with Crippen molar-refractivity contribution in [2.75, 3.05) is 6.61 Å². The standard InChI is InChI=1S/C27H37N3O3S/c1-26-11-10-22(32)27(2,16-31)21(26)14-20-24(30-25(34-20)17-7-6-12-28-15-17)19(26)13-23(33)29-18-8-4-3-5-9-18/h6-7,12,15,18-19,21-22,31-32H,3-5,8-11,13-14,16H2,1-2H3,(H,29,33). The number of aliphatic hydroxyl groups excluding tert-OH is 2. The summed E-state index contributed by atoms with van der Waals surface area (Å²) >= 11 is 1.68. The smallest absolute Gasteiger partial charge is 0.220 e. The lowest BCUT2D eigenvalue weighted by molar-refractivity contribution is -0.144. The van der Waals surface area contributed by atoms with E-state index < -0.39 is 11.5 Å². The fraction of sp³-hybridized carbons (Fsp3) is 0.667. The molecule has 1 amide bonds. The summed E-state index contributed by atoms with van der Waals surface area (Å²) in [4.78, 5) is 23.9. The van der Waals surface area contributed by atoms with Crippen molar-refractivity contribution in [2.45, 2.75) is 89.7 Å². The summed E-state index contributed by atoms with van der Waals surface area (Å²) in [5, 5.41) is 25.6. The number of aliphatic hydroxyl groups is 2. The molecule has 2 fully saturated rings. The van der Waals surface area contributed by atoms with E-state index in [0.717, 1.165) is 41.9 Å². The molecule has 2 aromatic heterocycles. The highest BCUT2D eigenvalue weighted by molar-refractivity contribution is 7.15. The van der Waals surface area contributed by atoms with Gasteiger partial charge in [0.25, 0.3) is 0 Å².